The zero-order valence-electron chi connectivity index (χ0n) is 21.2. The van der Waals surface area contributed by atoms with Gasteiger partial charge in [0.05, 0.1) is 6.61 Å². The van der Waals surface area contributed by atoms with Gasteiger partial charge in [-0.3, -0.25) is 14.6 Å². The summed E-state index contributed by atoms with van der Waals surface area (Å²) in [5.41, 5.74) is 3.04. The van der Waals surface area contributed by atoms with Crippen molar-refractivity contribution in [2.24, 2.45) is 0 Å². The summed E-state index contributed by atoms with van der Waals surface area (Å²) in [5, 5.41) is 3.26. The molecule has 0 unspecified atom stereocenters. The third-order valence-corrected chi connectivity index (χ3v) is 6.64. The highest BCUT2D eigenvalue weighted by Gasteiger charge is 2.35. The fraction of sp³-hybridized carbons (Fsp3) is 0.367. The van der Waals surface area contributed by atoms with Gasteiger partial charge in [-0.25, -0.2) is 0 Å². The number of aromatic nitrogens is 1. The number of para-hydroxylation sites is 1. The second kappa shape index (κ2) is 12.3. The molecule has 6 heteroatoms. The largest absolute Gasteiger partial charge is 0.494 e. The molecule has 1 aromatic heterocycles. The molecule has 1 atom stereocenters. The third kappa shape index (κ3) is 6.30. The van der Waals surface area contributed by atoms with E-state index in [1.165, 1.54) is 6.42 Å². The minimum Gasteiger partial charge on any atom is -0.494 e. The lowest BCUT2D eigenvalue weighted by Crippen LogP contribution is -2.47. The minimum absolute atomic E-state index is 0.110. The summed E-state index contributed by atoms with van der Waals surface area (Å²) in [6, 6.07) is 20.0. The van der Waals surface area contributed by atoms with Gasteiger partial charge in [0.25, 0.3) is 5.91 Å². The van der Waals surface area contributed by atoms with E-state index in [-0.39, 0.29) is 24.4 Å². The maximum Gasteiger partial charge on any atom is 0.273 e. The van der Waals surface area contributed by atoms with Crippen LogP contribution in [0.1, 0.15) is 72.2 Å². The molecule has 1 N–H and O–H groups in total. The predicted molar refractivity (Wildman–Crippen MR) is 141 cm³/mol. The van der Waals surface area contributed by atoms with E-state index in [0.29, 0.717) is 23.6 Å². The molecule has 0 spiro atoms. The van der Waals surface area contributed by atoms with Gasteiger partial charge in [0, 0.05) is 24.3 Å². The van der Waals surface area contributed by atoms with E-state index in [4.69, 9.17) is 4.74 Å². The van der Waals surface area contributed by atoms with E-state index >= 15 is 0 Å². The van der Waals surface area contributed by atoms with Gasteiger partial charge in [-0.1, -0.05) is 73.4 Å². The zero-order chi connectivity index (χ0) is 25.3. The number of ether oxygens (including phenoxy) is 1. The van der Waals surface area contributed by atoms with Crippen LogP contribution in [0.4, 0.5) is 0 Å². The lowest BCUT2D eigenvalue weighted by atomic mass is 9.94. The molecule has 1 fully saturated rings. The lowest BCUT2D eigenvalue weighted by Gasteiger charge is -2.34. The van der Waals surface area contributed by atoms with Crippen molar-refractivity contribution in [2.75, 3.05) is 6.61 Å². The highest BCUT2D eigenvalue weighted by molar-refractivity contribution is 5.96. The van der Waals surface area contributed by atoms with Crippen LogP contribution in [0.15, 0.2) is 72.9 Å². The van der Waals surface area contributed by atoms with Crippen LogP contribution >= 0.6 is 0 Å². The number of nitrogens with one attached hydrogen (secondary N) is 1. The van der Waals surface area contributed by atoms with Gasteiger partial charge in [0.15, 0.2) is 0 Å². The first-order chi connectivity index (χ1) is 17.6. The van der Waals surface area contributed by atoms with Gasteiger partial charge in [0.1, 0.15) is 17.5 Å². The Bertz CT molecular complexity index is 1140. The molecule has 2 amide bonds. The predicted octanol–water partition coefficient (Wildman–Crippen LogP) is 5.62. The summed E-state index contributed by atoms with van der Waals surface area (Å²) in [7, 11) is 0. The molecule has 188 valence electrons. The van der Waals surface area contributed by atoms with Crippen molar-refractivity contribution in [2.45, 2.75) is 64.6 Å². The highest BCUT2D eigenvalue weighted by atomic mass is 16.5. The molecule has 4 rings (SSSR count). The summed E-state index contributed by atoms with van der Waals surface area (Å²) in [5.74, 6) is 0.114. The van der Waals surface area contributed by atoms with Gasteiger partial charge >= 0.3 is 0 Å². The fourth-order valence-corrected chi connectivity index (χ4v) is 4.78. The summed E-state index contributed by atoms with van der Waals surface area (Å²) < 4.78 is 5.93. The van der Waals surface area contributed by atoms with Crippen LogP contribution in [-0.2, 0) is 11.3 Å². The van der Waals surface area contributed by atoms with Gasteiger partial charge in [-0.05, 0) is 50.5 Å². The molecule has 1 heterocycles. The van der Waals surface area contributed by atoms with E-state index in [2.05, 4.69) is 10.3 Å². The second-order valence-electron chi connectivity index (χ2n) is 9.35. The molecule has 0 bridgehead atoms. The lowest BCUT2D eigenvalue weighted by molar-refractivity contribution is -0.127. The molecular weight excluding hydrogens is 450 g/mol. The number of carbonyl (C=O) groups is 2. The molecule has 1 aliphatic carbocycles. The molecule has 3 aromatic rings. The Hall–Kier alpha value is -3.67. The molecule has 36 heavy (non-hydrogen) atoms. The Kier molecular flexibility index (Phi) is 8.71. The molecule has 2 aromatic carbocycles. The Morgan fingerprint density at radius 1 is 1.00 bits per heavy atom. The molecule has 6 nitrogen and oxygen atoms in total. The summed E-state index contributed by atoms with van der Waals surface area (Å²) >= 11 is 0. The highest BCUT2D eigenvalue weighted by Crippen LogP contribution is 2.33. The Labute approximate surface area is 213 Å². The van der Waals surface area contributed by atoms with E-state index in [1.54, 1.807) is 29.3 Å². The van der Waals surface area contributed by atoms with Crippen LogP contribution in [0.3, 0.4) is 0 Å². The number of benzene rings is 2. The number of nitrogens with zero attached hydrogens (tertiary/aromatic N) is 2. The zero-order valence-corrected chi connectivity index (χ0v) is 21.2. The van der Waals surface area contributed by atoms with Crippen molar-refractivity contribution in [1.29, 1.82) is 0 Å². The number of carbonyl (C=O) groups excluding carboxylic acids is 2. The number of rotatable bonds is 9. The SMILES string of the molecule is CCOc1ccccc1[C@H](C(=O)NC1CCCCC1)N(Cc1ccc(C)cc1)C(=O)c1ccccn1. The van der Waals surface area contributed by atoms with Crippen molar-refractivity contribution in [3.05, 3.63) is 95.3 Å². The van der Waals surface area contributed by atoms with E-state index in [0.717, 1.165) is 36.8 Å². The van der Waals surface area contributed by atoms with Crippen molar-refractivity contribution >= 4 is 11.8 Å². The van der Waals surface area contributed by atoms with E-state index < -0.39 is 6.04 Å². The average Bonchev–Trinajstić information content (AvgIpc) is 2.91. The Balaban J connectivity index is 1.78. The first-order valence-electron chi connectivity index (χ1n) is 12.9. The van der Waals surface area contributed by atoms with Gasteiger partial charge in [0.2, 0.25) is 5.91 Å². The quantitative estimate of drug-likeness (QED) is 0.427. The van der Waals surface area contributed by atoms with E-state index in [1.807, 2.05) is 62.4 Å². The number of pyridine rings is 1. The minimum atomic E-state index is -0.870. The van der Waals surface area contributed by atoms with Crippen molar-refractivity contribution < 1.29 is 14.3 Å². The summed E-state index contributed by atoms with van der Waals surface area (Å²) in [6.07, 6.45) is 6.91. The van der Waals surface area contributed by atoms with Crippen molar-refractivity contribution in [1.82, 2.24) is 15.2 Å². The van der Waals surface area contributed by atoms with Gasteiger partial charge < -0.3 is 15.0 Å². The Morgan fingerprint density at radius 2 is 1.72 bits per heavy atom. The van der Waals surface area contributed by atoms with Gasteiger partial charge in [-0.15, -0.1) is 0 Å². The molecule has 1 saturated carbocycles. The molecule has 0 saturated heterocycles. The normalized spacial score (nSPS) is 14.6. The van der Waals surface area contributed by atoms with Crippen LogP contribution in [-0.4, -0.2) is 34.3 Å². The van der Waals surface area contributed by atoms with Crippen LogP contribution in [0.25, 0.3) is 0 Å². The first-order valence-corrected chi connectivity index (χ1v) is 12.9. The van der Waals surface area contributed by atoms with Crippen LogP contribution in [0.5, 0.6) is 5.75 Å². The maximum absolute atomic E-state index is 14.0. The topological polar surface area (TPSA) is 71.5 Å². The molecule has 0 radical (unpaired) electrons. The molecular formula is C30H35N3O3. The van der Waals surface area contributed by atoms with Crippen LogP contribution < -0.4 is 10.1 Å². The monoisotopic (exact) mass is 485 g/mol. The third-order valence-electron chi connectivity index (χ3n) is 6.64. The molecule has 1 aliphatic rings. The van der Waals surface area contributed by atoms with Crippen LogP contribution in [0, 0.1) is 6.92 Å². The first kappa shape index (κ1) is 25.4. The average molecular weight is 486 g/mol. The van der Waals surface area contributed by atoms with Crippen molar-refractivity contribution in [3.8, 4) is 5.75 Å². The van der Waals surface area contributed by atoms with E-state index in [9.17, 15) is 9.59 Å². The van der Waals surface area contributed by atoms with Crippen LogP contribution in [0.2, 0.25) is 0 Å². The molecule has 0 aliphatic heterocycles. The van der Waals surface area contributed by atoms with Crippen molar-refractivity contribution in [3.63, 3.8) is 0 Å². The van der Waals surface area contributed by atoms with Gasteiger partial charge in [-0.2, -0.15) is 0 Å². The number of aryl methyl sites for hydroxylation is 1. The number of hydrogen-bond donors (Lipinski definition) is 1. The maximum atomic E-state index is 14.0. The second-order valence-corrected chi connectivity index (χ2v) is 9.35. The summed E-state index contributed by atoms with van der Waals surface area (Å²) in [4.78, 5) is 33.9. The smallest absolute Gasteiger partial charge is 0.273 e. The summed E-state index contributed by atoms with van der Waals surface area (Å²) in [6.45, 7) is 4.66. The fourth-order valence-electron chi connectivity index (χ4n) is 4.78. The standard InChI is InChI=1S/C30H35N3O3/c1-3-36-27-15-8-7-13-25(27)28(29(34)32-24-11-5-4-6-12-24)33(21-23-18-16-22(2)17-19-23)30(35)26-14-9-10-20-31-26/h7-10,13-20,24,28H,3-6,11-12,21H2,1-2H3,(H,32,34)/t28-/m1/s1. The number of hydrogen-bond acceptors (Lipinski definition) is 4. The Morgan fingerprint density at radius 3 is 2.42 bits per heavy atom. The number of amides is 2.